The molecule has 0 bridgehead atoms. The minimum atomic E-state index is -4.46. The van der Waals surface area contributed by atoms with Gasteiger partial charge in [0.2, 0.25) is 5.91 Å². The largest absolute Gasteiger partial charge is 0.472 e. The molecule has 3 unspecified atom stereocenters. The third-order valence-electron chi connectivity index (χ3n) is 14.1. The van der Waals surface area contributed by atoms with Gasteiger partial charge in [-0.25, -0.2) is 4.57 Å². The first kappa shape index (κ1) is 75.2. The maximum atomic E-state index is 13.6. The van der Waals surface area contributed by atoms with Crippen molar-refractivity contribution in [1.82, 2.24) is 5.32 Å². The van der Waals surface area contributed by atoms with Gasteiger partial charge in [0.25, 0.3) is 0 Å². The smallest absolute Gasteiger partial charge is 0.456 e. The van der Waals surface area contributed by atoms with E-state index in [4.69, 9.17) is 13.8 Å². The van der Waals surface area contributed by atoms with Crippen LogP contribution in [0.25, 0.3) is 0 Å². The lowest BCUT2D eigenvalue weighted by Crippen LogP contribution is -2.47. The number of hydrogen-bond donors (Lipinski definition) is 2. The predicted molar refractivity (Wildman–Crippen MR) is 337 cm³/mol. The molecule has 0 heterocycles. The Hall–Kier alpha value is -2.81. The third-order valence-corrected chi connectivity index (χ3v) is 15.1. The fraction of sp³-hybridized carbons (Fsp3) is 0.765. The van der Waals surface area contributed by atoms with Gasteiger partial charge in [0, 0.05) is 12.8 Å². The summed E-state index contributed by atoms with van der Waals surface area (Å²) in [6.45, 7) is 6.94. The van der Waals surface area contributed by atoms with E-state index in [1.54, 1.807) is 0 Å². The van der Waals surface area contributed by atoms with Crippen molar-refractivity contribution >= 4 is 19.7 Å². The fourth-order valence-corrected chi connectivity index (χ4v) is 9.77. The van der Waals surface area contributed by atoms with Gasteiger partial charge in [0.05, 0.1) is 33.8 Å². The predicted octanol–water partition coefficient (Wildman–Crippen LogP) is 20.2. The Balaban J connectivity index is 5.11. The monoisotopic (exact) mass is 1110 g/mol. The highest BCUT2D eigenvalue weighted by molar-refractivity contribution is 7.47. The average molecular weight is 1110 g/mol. The third kappa shape index (κ3) is 57.9. The number of likely N-dealkylation sites (N-methyl/N-ethyl adjacent to an activating group) is 1. The number of amides is 1. The van der Waals surface area contributed by atoms with Crippen LogP contribution in [0, 0.1) is 0 Å². The summed E-state index contributed by atoms with van der Waals surface area (Å²) < 4.78 is 30.6. The first-order chi connectivity index (χ1) is 37.9. The quantitative estimate of drug-likeness (QED) is 0.0205. The molecule has 0 fully saturated rings. The molecule has 0 aromatic heterocycles. The van der Waals surface area contributed by atoms with Crippen molar-refractivity contribution in [3.8, 4) is 0 Å². The van der Waals surface area contributed by atoms with Gasteiger partial charge in [-0.3, -0.25) is 18.6 Å². The molecule has 0 rings (SSSR count). The van der Waals surface area contributed by atoms with Gasteiger partial charge in [0.15, 0.2) is 0 Å². The molecule has 0 aliphatic heterocycles. The second-order valence-corrected chi connectivity index (χ2v) is 24.4. The van der Waals surface area contributed by atoms with Crippen LogP contribution in [0.3, 0.4) is 0 Å². The van der Waals surface area contributed by atoms with E-state index >= 15 is 0 Å². The van der Waals surface area contributed by atoms with Gasteiger partial charge >= 0.3 is 13.8 Å². The van der Waals surface area contributed by atoms with Crippen molar-refractivity contribution in [2.24, 2.45) is 0 Å². The van der Waals surface area contributed by atoms with Gasteiger partial charge < -0.3 is 19.4 Å². The second-order valence-electron chi connectivity index (χ2n) is 22.9. The van der Waals surface area contributed by atoms with E-state index in [1.807, 2.05) is 39.4 Å². The summed E-state index contributed by atoms with van der Waals surface area (Å²) in [4.78, 5) is 37.7. The molecule has 3 atom stereocenters. The van der Waals surface area contributed by atoms with Gasteiger partial charge in [-0.1, -0.05) is 260 Å². The zero-order chi connectivity index (χ0) is 57.2. The van der Waals surface area contributed by atoms with E-state index in [-0.39, 0.29) is 25.5 Å². The summed E-state index contributed by atoms with van der Waals surface area (Å²) in [5.41, 5.74) is 0. The Morgan fingerprint density at radius 3 is 1.22 bits per heavy atom. The van der Waals surface area contributed by atoms with Crippen LogP contribution in [0.2, 0.25) is 0 Å². The number of allylic oxidation sites excluding steroid dienone is 13. The SMILES string of the molecule is CCCCC/C=C\C/C=C\C/C=C\C/C=C\CCCCCCCCCCCCCC(=O)NC(COP(=O)(O)OCC[N+](C)(C)C)C(/C=C\CCCCCCCCCCCC)OC(=O)CC/C=C/C/C=C\CCCCCCCC. The molecular formula is C68H124N2O7P+. The zero-order valence-electron chi connectivity index (χ0n) is 51.6. The van der Waals surface area contributed by atoms with Gasteiger partial charge in [-0.15, -0.1) is 0 Å². The van der Waals surface area contributed by atoms with E-state index in [9.17, 15) is 19.0 Å². The molecule has 0 saturated carbocycles. The molecule has 0 radical (unpaired) electrons. The molecule has 1 amide bonds. The molecule has 0 saturated heterocycles. The average Bonchev–Trinajstić information content (AvgIpc) is 3.40. The van der Waals surface area contributed by atoms with E-state index in [0.29, 0.717) is 23.9 Å². The van der Waals surface area contributed by atoms with Gasteiger partial charge in [-0.05, 0) is 96.0 Å². The van der Waals surface area contributed by atoms with Gasteiger partial charge in [0.1, 0.15) is 19.3 Å². The maximum Gasteiger partial charge on any atom is 0.472 e. The summed E-state index contributed by atoms with van der Waals surface area (Å²) in [7, 11) is 1.46. The number of unbranched alkanes of at least 4 members (excludes halogenated alkanes) is 30. The molecular weight excluding hydrogens is 988 g/mol. The second kappa shape index (κ2) is 57.4. The molecule has 452 valence electrons. The van der Waals surface area contributed by atoms with Crippen molar-refractivity contribution in [3.05, 3.63) is 85.1 Å². The molecule has 0 aliphatic carbocycles. The number of rotatable bonds is 58. The van der Waals surface area contributed by atoms with E-state index in [2.05, 4.69) is 92.9 Å². The van der Waals surface area contributed by atoms with Crippen LogP contribution in [0.1, 0.15) is 284 Å². The minimum Gasteiger partial charge on any atom is -0.456 e. The van der Waals surface area contributed by atoms with Gasteiger partial charge in [-0.2, -0.15) is 0 Å². The van der Waals surface area contributed by atoms with Crippen LogP contribution in [-0.4, -0.2) is 74.3 Å². The zero-order valence-corrected chi connectivity index (χ0v) is 52.5. The number of carbonyl (C=O) groups excluding carboxylic acids is 2. The van der Waals surface area contributed by atoms with Crippen LogP contribution < -0.4 is 5.32 Å². The first-order valence-electron chi connectivity index (χ1n) is 32.4. The Kier molecular flexibility index (Phi) is 55.4. The molecule has 0 spiro atoms. The Morgan fingerprint density at radius 2 is 0.795 bits per heavy atom. The topological polar surface area (TPSA) is 111 Å². The number of quaternary nitrogens is 1. The number of phosphoric acid groups is 1. The summed E-state index contributed by atoms with van der Waals surface area (Å²) in [6, 6.07) is -0.875. The number of phosphoric ester groups is 1. The molecule has 10 heteroatoms. The Bertz CT molecular complexity index is 1610. The maximum absolute atomic E-state index is 13.6. The fourth-order valence-electron chi connectivity index (χ4n) is 9.04. The number of ether oxygens (including phenoxy) is 1. The molecule has 9 nitrogen and oxygen atoms in total. The Morgan fingerprint density at radius 1 is 0.449 bits per heavy atom. The summed E-state index contributed by atoms with van der Waals surface area (Å²) in [6.07, 6.45) is 76.0. The molecule has 2 N–H and O–H groups in total. The Labute approximate surface area is 482 Å². The lowest BCUT2D eigenvalue weighted by atomic mass is 10.0. The van der Waals surface area contributed by atoms with Crippen molar-refractivity contribution in [3.63, 3.8) is 0 Å². The van der Waals surface area contributed by atoms with E-state index in [1.165, 1.54) is 167 Å². The van der Waals surface area contributed by atoms with Crippen LogP contribution in [0.15, 0.2) is 85.1 Å². The highest BCUT2D eigenvalue weighted by atomic mass is 31.2. The summed E-state index contributed by atoms with van der Waals surface area (Å²) in [5.74, 6) is -0.586. The van der Waals surface area contributed by atoms with Crippen molar-refractivity contribution < 1.29 is 37.3 Å². The molecule has 0 aliphatic rings. The number of nitrogens with one attached hydrogen (secondary N) is 1. The minimum absolute atomic E-state index is 0.0295. The molecule has 0 aromatic rings. The van der Waals surface area contributed by atoms with Crippen LogP contribution in [0.4, 0.5) is 0 Å². The summed E-state index contributed by atoms with van der Waals surface area (Å²) in [5, 5.41) is 3.04. The van der Waals surface area contributed by atoms with E-state index in [0.717, 1.165) is 77.0 Å². The first-order valence-corrected chi connectivity index (χ1v) is 33.9. The van der Waals surface area contributed by atoms with Crippen molar-refractivity contribution in [2.45, 2.75) is 296 Å². The lowest BCUT2D eigenvalue weighted by molar-refractivity contribution is -0.870. The summed E-state index contributed by atoms with van der Waals surface area (Å²) >= 11 is 0. The van der Waals surface area contributed by atoms with E-state index < -0.39 is 25.9 Å². The molecule has 0 aromatic carbocycles. The highest BCUT2D eigenvalue weighted by Gasteiger charge is 2.30. The van der Waals surface area contributed by atoms with Crippen LogP contribution in [0.5, 0.6) is 0 Å². The van der Waals surface area contributed by atoms with Crippen molar-refractivity contribution in [1.29, 1.82) is 0 Å². The number of carbonyl (C=O) groups is 2. The van der Waals surface area contributed by atoms with Crippen LogP contribution >= 0.6 is 7.82 Å². The normalized spacial score (nSPS) is 14.2. The van der Waals surface area contributed by atoms with Crippen LogP contribution in [-0.2, 0) is 27.9 Å². The number of esters is 1. The lowest BCUT2D eigenvalue weighted by Gasteiger charge is -2.27. The highest BCUT2D eigenvalue weighted by Crippen LogP contribution is 2.43. The molecule has 78 heavy (non-hydrogen) atoms. The standard InChI is InChI=1S/C68H123N2O7P/c1-7-10-13-16-19-22-25-28-29-30-31-32-33-34-35-36-37-38-39-40-41-43-45-48-51-54-57-60-67(71)69-65(64-76-78(73,74)75-63-62-70(4,5)6)66(59-56-53-50-47-44-27-24-21-18-15-12-9-3)77-68(72)61-58-55-52-49-46-42-26-23-20-17-14-11-8-2/h19,22,28-29,31-32,34-35,42,46,52,55-56,59,65-66H,7-18,20-21,23-27,30,33,36-41,43-45,47-51,53-54,57-58,60-64H2,1-6H3,(H-,69,71,73,74)/p+1/b22-19-,29-28-,32-31-,35-34-,46-42-,55-52+,59-56-. The number of nitrogens with zero attached hydrogens (tertiary/aromatic N) is 1. The van der Waals surface area contributed by atoms with Crippen molar-refractivity contribution in [2.75, 3.05) is 40.9 Å². The number of hydrogen-bond acceptors (Lipinski definition) is 6.